The third-order valence-corrected chi connectivity index (χ3v) is 1.10. The van der Waals surface area contributed by atoms with E-state index in [9.17, 15) is 0 Å². The van der Waals surface area contributed by atoms with E-state index in [1.54, 1.807) is 0 Å². The smallest absolute Gasteiger partial charge is 0.0748 e. The molecule has 4 N–H and O–H groups in total. The van der Waals surface area contributed by atoms with Gasteiger partial charge >= 0.3 is 0 Å². The Morgan fingerprint density at radius 3 is 2.22 bits per heavy atom. The summed E-state index contributed by atoms with van der Waals surface area (Å²) in [5.41, 5.74) is 10.4. The minimum absolute atomic E-state index is 0.209. The lowest BCUT2D eigenvalue weighted by atomic mass is 10.1. The molecule has 9 heavy (non-hydrogen) atoms. The highest BCUT2D eigenvalue weighted by Gasteiger charge is 2.13. The van der Waals surface area contributed by atoms with Gasteiger partial charge in [0.05, 0.1) is 12.2 Å². The fraction of sp³-hybridized carbons (Fsp3) is 1.00. The van der Waals surface area contributed by atoms with Crippen molar-refractivity contribution in [1.82, 2.24) is 0 Å². The first-order chi connectivity index (χ1) is 4.12. The Morgan fingerprint density at radius 2 is 1.89 bits per heavy atom. The van der Waals surface area contributed by atoms with Crippen LogP contribution in [0.2, 0.25) is 0 Å². The molecular formula is C6H16N2O. The summed E-state index contributed by atoms with van der Waals surface area (Å²) in [6, 6.07) is 0. The van der Waals surface area contributed by atoms with Crippen LogP contribution < -0.4 is 11.5 Å². The van der Waals surface area contributed by atoms with Gasteiger partial charge in [-0.3, -0.25) is 0 Å². The summed E-state index contributed by atoms with van der Waals surface area (Å²) in [6.45, 7) is 5.58. The van der Waals surface area contributed by atoms with Crippen LogP contribution in [0.25, 0.3) is 0 Å². The monoisotopic (exact) mass is 132 g/mol. The number of ether oxygens (including phenoxy) is 1. The number of hydrogen-bond acceptors (Lipinski definition) is 3. The lowest BCUT2D eigenvalue weighted by Gasteiger charge is -2.22. The summed E-state index contributed by atoms with van der Waals surface area (Å²) >= 11 is 0. The third kappa shape index (κ3) is 4.39. The maximum atomic E-state index is 5.38. The molecule has 0 spiro atoms. The topological polar surface area (TPSA) is 61.3 Å². The molecule has 0 rings (SSSR count). The number of hydrogen-bond donors (Lipinski definition) is 2. The molecular weight excluding hydrogens is 116 g/mol. The van der Waals surface area contributed by atoms with Gasteiger partial charge in [-0.25, -0.2) is 0 Å². The van der Waals surface area contributed by atoms with Crippen LogP contribution in [0.3, 0.4) is 0 Å². The van der Waals surface area contributed by atoms with Crippen LogP contribution in [0.1, 0.15) is 13.8 Å². The van der Waals surface area contributed by atoms with Crippen molar-refractivity contribution in [3.8, 4) is 0 Å². The minimum atomic E-state index is -0.209. The lowest BCUT2D eigenvalue weighted by Crippen LogP contribution is -2.35. The van der Waals surface area contributed by atoms with Gasteiger partial charge in [-0.15, -0.1) is 0 Å². The van der Waals surface area contributed by atoms with Crippen LogP contribution in [0, 0.1) is 0 Å². The van der Waals surface area contributed by atoms with Crippen molar-refractivity contribution in [3.05, 3.63) is 0 Å². The largest absolute Gasteiger partial charge is 0.373 e. The second kappa shape index (κ2) is 3.82. The van der Waals surface area contributed by atoms with Gasteiger partial charge in [0, 0.05) is 13.1 Å². The summed E-state index contributed by atoms with van der Waals surface area (Å²) in [7, 11) is 0. The van der Waals surface area contributed by atoms with E-state index in [-0.39, 0.29) is 5.60 Å². The van der Waals surface area contributed by atoms with Gasteiger partial charge in [0.25, 0.3) is 0 Å². The van der Waals surface area contributed by atoms with Gasteiger partial charge in [-0.05, 0) is 13.8 Å². The van der Waals surface area contributed by atoms with Gasteiger partial charge in [-0.2, -0.15) is 0 Å². The Balaban J connectivity index is 3.33. The Hall–Kier alpha value is -0.120. The van der Waals surface area contributed by atoms with E-state index < -0.39 is 0 Å². The molecule has 0 fully saturated rings. The molecule has 0 aromatic heterocycles. The predicted molar refractivity (Wildman–Crippen MR) is 38.1 cm³/mol. The molecule has 0 amide bonds. The van der Waals surface area contributed by atoms with Gasteiger partial charge in [0.2, 0.25) is 0 Å². The van der Waals surface area contributed by atoms with E-state index in [1.165, 1.54) is 0 Å². The molecule has 0 radical (unpaired) electrons. The highest BCUT2D eigenvalue weighted by molar-refractivity contribution is 4.68. The quantitative estimate of drug-likeness (QED) is 0.552. The summed E-state index contributed by atoms with van der Waals surface area (Å²) in [4.78, 5) is 0. The van der Waals surface area contributed by atoms with Crippen LogP contribution in [0.15, 0.2) is 0 Å². The average molecular weight is 132 g/mol. The molecule has 56 valence electrons. The molecule has 3 heteroatoms. The molecule has 0 saturated heterocycles. The summed E-state index contributed by atoms with van der Waals surface area (Å²) in [5, 5.41) is 0. The molecule has 0 aromatic rings. The zero-order chi connectivity index (χ0) is 7.33. The average Bonchev–Trinajstić information content (AvgIpc) is 1.84. The van der Waals surface area contributed by atoms with E-state index >= 15 is 0 Å². The Morgan fingerprint density at radius 1 is 1.33 bits per heavy atom. The third-order valence-electron chi connectivity index (χ3n) is 1.10. The van der Waals surface area contributed by atoms with Crippen LogP contribution in [0.4, 0.5) is 0 Å². The molecule has 0 bridgehead atoms. The van der Waals surface area contributed by atoms with E-state index in [4.69, 9.17) is 16.2 Å². The van der Waals surface area contributed by atoms with Crippen LogP contribution >= 0.6 is 0 Å². The molecule has 0 aliphatic carbocycles. The van der Waals surface area contributed by atoms with Crippen molar-refractivity contribution in [2.24, 2.45) is 11.5 Å². The molecule has 3 nitrogen and oxygen atoms in total. The van der Waals surface area contributed by atoms with Crippen molar-refractivity contribution < 1.29 is 4.74 Å². The maximum absolute atomic E-state index is 5.38. The zero-order valence-corrected chi connectivity index (χ0v) is 6.18. The summed E-state index contributed by atoms with van der Waals surface area (Å²) < 4.78 is 5.28. The van der Waals surface area contributed by atoms with Crippen molar-refractivity contribution in [2.75, 3.05) is 19.7 Å². The first-order valence-corrected chi connectivity index (χ1v) is 3.16. The zero-order valence-electron chi connectivity index (χ0n) is 6.18. The van der Waals surface area contributed by atoms with E-state index in [0.717, 1.165) is 0 Å². The normalized spacial score (nSPS) is 12.0. The maximum Gasteiger partial charge on any atom is 0.0748 e. The van der Waals surface area contributed by atoms with Gasteiger partial charge in [0.15, 0.2) is 0 Å². The lowest BCUT2D eigenvalue weighted by molar-refractivity contribution is -0.00570. The first kappa shape index (κ1) is 8.88. The van der Waals surface area contributed by atoms with Gasteiger partial charge in [0.1, 0.15) is 0 Å². The molecule has 0 aliphatic rings. The van der Waals surface area contributed by atoms with Crippen LogP contribution in [0.5, 0.6) is 0 Å². The van der Waals surface area contributed by atoms with Crippen molar-refractivity contribution in [2.45, 2.75) is 19.4 Å². The Labute approximate surface area is 56.4 Å². The molecule has 0 saturated carbocycles. The second-order valence-electron chi connectivity index (χ2n) is 2.60. The number of nitrogens with two attached hydrogens (primary N) is 2. The Bertz CT molecular complexity index is 73.5. The molecule has 0 atom stereocenters. The second-order valence-corrected chi connectivity index (χ2v) is 2.60. The van der Waals surface area contributed by atoms with Crippen molar-refractivity contribution in [3.63, 3.8) is 0 Å². The highest BCUT2D eigenvalue weighted by atomic mass is 16.5. The van der Waals surface area contributed by atoms with Crippen LogP contribution in [-0.2, 0) is 4.74 Å². The van der Waals surface area contributed by atoms with Gasteiger partial charge in [-0.1, -0.05) is 0 Å². The minimum Gasteiger partial charge on any atom is -0.373 e. The van der Waals surface area contributed by atoms with E-state index in [1.807, 2.05) is 13.8 Å². The Kier molecular flexibility index (Phi) is 3.77. The molecule has 0 aromatic carbocycles. The standard InChI is InChI=1S/C6H16N2O/c1-6(2,5-8)9-4-3-7/h3-5,7-8H2,1-2H3. The SMILES string of the molecule is CC(C)(CN)OCCN. The summed E-state index contributed by atoms with van der Waals surface area (Å²) in [5.74, 6) is 0. The van der Waals surface area contributed by atoms with Crippen molar-refractivity contribution >= 4 is 0 Å². The van der Waals surface area contributed by atoms with E-state index in [0.29, 0.717) is 19.7 Å². The predicted octanol–water partition coefficient (Wildman–Crippen LogP) is -0.301. The van der Waals surface area contributed by atoms with E-state index in [2.05, 4.69) is 0 Å². The summed E-state index contributed by atoms with van der Waals surface area (Å²) in [6.07, 6.45) is 0. The van der Waals surface area contributed by atoms with Crippen molar-refractivity contribution in [1.29, 1.82) is 0 Å². The van der Waals surface area contributed by atoms with Gasteiger partial charge < -0.3 is 16.2 Å². The highest BCUT2D eigenvalue weighted by Crippen LogP contribution is 2.04. The molecule has 0 heterocycles. The first-order valence-electron chi connectivity index (χ1n) is 3.16. The fourth-order valence-corrected chi connectivity index (χ4v) is 0.394. The van der Waals surface area contributed by atoms with Crippen LogP contribution in [-0.4, -0.2) is 25.3 Å². The molecule has 0 unspecified atom stereocenters. The molecule has 0 aliphatic heterocycles. The fourth-order valence-electron chi connectivity index (χ4n) is 0.394. The number of rotatable bonds is 4.